The van der Waals surface area contributed by atoms with Crippen LogP contribution in [0.3, 0.4) is 0 Å². The largest absolute Gasteiger partial charge is 2.00 e. The van der Waals surface area contributed by atoms with Crippen LogP contribution in [0.25, 0.3) is 0 Å². The molecular formula is H10MgO5+2. The average molecular weight is 114 g/mol. The van der Waals surface area contributed by atoms with Crippen LogP contribution in [0.1, 0.15) is 0 Å². The summed E-state index contributed by atoms with van der Waals surface area (Å²) in [4.78, 5) is 0. The first kappa shape index (κ1) is 635. The van der Waals surface area contributed by atoms with Gasteiger partial charge in [0.25, 0.3) is 0 Å². The Morgan fingerprint density at radius 3 is 0.333 bits per heavy atom. The summed E-state index contributed by atoms with van der Waals surface area (Å²) in [5.74, 6) is 0. The second kappa shape index (κ2) is 362. The zero-order valence-corrected chi connectivity index (χ0v) is 4.62. The third kappa shape index (κ3) is 181. The molecule has 0 unspecified atom stereocenters. The van der Waals surface area contributed by atoms with Gasteiger partial charge in [0.05, 0.1) is 0 Å². The first-order chi connectivity index (χ1) is 0. The molecule has 0 aliphatic heterocycles. The van der Waals surface area contributed by atoms with Gasteiger partial charge in [-0.25, -0.2) is 0 Å². The quantitative estimate of drug-likeness (QED) is 0.278. The maximum atomic E-state index is 0. The molecule has 0 rings (SSSR count). The maximum absolute atomic E-state index is 0. The van der Waals surface area contributed by atoms with Crippen molar-refractivity contribution in [2.24, 2.45) is 0 Å². The van der Waals surface area contributed by atoms with Crippen LogP contribution in [-0.4, -0.2) is 50.4 Å². The van der Waals surface area contributed by atoms with Gasteiger partial charge in [-0.15, -0.1) is 0 Å². The Balaban J connectivity index is 0. The van der Waals surface area contributed by atoms with Crippen LogP contribution >= 0.6 is 0 Å². The maximum Gasteiger partial charge on any atom is 2.00 e. The van der Waals surface area contributed by atoms with Crippen molar-refractivity contribution >= 4 is 23.1 Å². The Hall–Kier alpha value is 0.566. The summed E-state index contributed by atoms with van der Waals surface area (Å²) in [6, 6.07) is 0. The van der Waals surface area contributed by atoms with Crippen LogP contribution in [0.2, 0.25) is 0 Å². The molecule has 0 aromatic carbocycles. The molecule has 0 aliphatic rings. The second-order valence-electron chi connectivity index (χ2n) is 0. The van der Waals surface area contributed by atoms with Gasteiger partial charge in [-0.3, -0.25) is 0 Å². The number of hydrogen-bond donors (Lipinski definition) is 0. The number of rotatable bonds is 0. The molecular weight excluding hydrogens is 104 g/mol. The van der Waals surface area contributed by atoms with Crippen LogP contribution in [0.5, 0.6) is 0 Å². The molecule has 0 aromatic rings. The Labute approximate surface area is 51.0 Å². The van der Waals surface area contributed by atoms with E-state index in [0.29, 0.717) is 0 Å². The molecule has 0 saturated carbocycles. The van der Waals surface area contributed by atoms with E-state index in [1.807, 2.05) is 0 Å². The van der Waals surface area contributed by atoms with E-state index in [9.17, 15) is 0 Å². The Morgan fingerprint density at radius 2 is 0.333 bits per heavy atom. The standard InChI is InChI=1S/Mg.5H2O/h;5*1H2/q+2;;;;;. The fourth-order valence-electron chi connectivity index (χ4n) is 0. The van der Waals surface area contributed by atoms with E-state index < -0.39 is 0 Å². The van der Waals surface area contributed by atoms with E-state index in [2.05, 4.69) is 0 Å². The summed E-state index contributed by atoms with van der Waals surface area (Å²) in [6.07, 6.45) is 0. The molecule has 0 heterocycles. The van der Waals surface area contributed by atoms with Gasteiger partial charge >= 0.3 is 23.1 Å². The van der Waals surface area contributed by atoms with Crippen LogP contribution in [0.15, 0.2) is 0 Å². The van der Waals surface area contributed by atoms with Gasteiger partial charge in [0, 0.05) is 0 Å². The molecule has 10 N–H and O–H groups in total. The fourth-order valence-corrected chi connectivity index (χ4v) is 0. The van der Waals surface area contributed by atoms with Crippen LogP contribution in [-0.2, 0) is 0 Å². The molecule has 6 heavy (non-hydrogen) atoms. The van der Waals surface area contributed by atoms with Gasteiger partial charge in [0.15, 0.2) is 0 Å². The molecule has 0 fully saturated rings. The molecule has 6 heteroatoms. The predicted octanol–water partition coefficient (Wildman–Crippen LogP) is -4.50. The van der Waals surface area contributed by atoms with Gasteiger partial charge < -0.3 is 27.4 Å². The monoisotopic (exact) mass is 114 g/mol. The third-order valence-electron chi connectivity index (χ3n) is 0. The van der Waals surface area contributed by atoms with E-state index in [-0.39, 0.29) is 50.4 Å². The van der Waals surface area contributed by atoms with Crippen molar-refractivity contribution in [1.29, 1.82) is 0 Å². The minimum atomic E-state index is 0. The second-order valence-corrected chi connectivity index (χ2v) is 0. The SMILES string of the molecule is O.O.O.O.O.[Mg+2]. The van der Waals surface area contributed by atoms with Crippen LogP contribution < -0.4 is 0 Å². The van der Waals surface area contributed by atoms with Gasteiger partial charge in [0.2, 0.25) is 0 Å². The fraction of sp³-hybridized carbons (Fsp3) is 0. The molecule has 0 aliphatic carbocycles. The van der Waals surface area contributed by atoms with E-state index in [0.717, 1.165) is 0 Å². The minimum absolute atomic E-state index is 0. The summed E-state index contributed by atoms with van der Waals surface area (Å²) in [5, 5.41) is 0. The first-order valence-corrected chi connectivity index (χ1v) is 0. The first-order valence-electron chi connectivity index (χ1n) is 0. The molecule has 0 saturated heterocycles. The van der Waals surface area contributed by atoms with Crippen molar-refractivity contribution < 1.29 is 27.4 Å². The molecule has 0 aromatic heterocycles. The Bertz CT molecular complexity index is 3.90. The van der Waals surface area contributed by atoms with Gasteiger partial charge in [-0.2, -0.15) is 0 Å². The van der Waals surface area contributed by atoms with Crippen LogP contribution in [0.4, 0.5) is 0 Å². The minimum Gasteiger partial charge on any atom is -0.412 e. The average Bonchev–Trinajstić information content (AvgIpc) is 0. The summed E-state index contributed by atoms with van der Waals surface area (Å²) >= 11 is 0. The summed E-state index contributed by atoms with van der Waals surface area (Å²) < 4.78 is 0. The predicted molar refractivity (Wildman–Crippen MR) is 23.8 cm³/mol. The van der Waals surface area contributed by atoms with Gasteiger partial charge in [-0.05, 0) is 0 Å². The van der Waals surface area contributed by atoms with E-state index in [1.54, 1.807) is 0 Å². The van der Waals surface area contributed by atoms with Gasteiger partial charge in [0.1, 0.15) is 0 Å². The summed E-state index contributed by atoms with van der Waals surface area (Å²) in [6.45, 7) is 0. The smallest absolute Gasteiger partial charge is 0.412 e. The molecule has 40 valence electrons. The molecule has 5 nitrogen and oxygen atoms in total. The van der Waals surface area contributed by atoms with E-state index in [4.69, 9.17) is 0 Å². The van der Waals surface area contributed by atoms with Crippen molar-refractivity contribution in [3.05, 3.63) is 0 Å². The molecule has 0 spiro atoms. The topological polar surface area (TPSA) is 158 Å². The Morgan fingerprint density at radius 1 is 0.333 bits per heavy atom. The van der Waals surface area contributed by atoms with Gasteiger partial charge in [-0.1, -0.05) is 0 Å². The molecule has 0 radical (unpaired) electrons. The third-order valence-corrected chi connectivity index (χ3v) is 0. The normalized spacial score (nSPS) is 0. The number of hydrogen-bond acceptors (Lipinski definition) is 0. The summed E-state index contributed by atoms with van der Waals surface area (Å²) in [7, 11) is 0. The summed E-state index contributed by atoms with van der Waals surface area (Å²) in [5.41, 5.74) is 0. The van der Waals surface area contributed by atoms with Crippen molar-refractivity contribution in [2.45, 2.75) is 0 Å². The van der Waals surface area contributed by atoms with Crippen molar-refractivity contribution in [2.75, 3.05) is 0 Å². The van der Waals surface area contributed by atoms with Crippen molar-refractivity contribution in [1.82, 2.24) is 0 Å². The van der Waals surface area contributed by atoms with Crippen LogP contribution in [0, 0.1) is 0 Å². The zero-order valence-electron chi connectivity index (χ0n) is 3.21. The zero-order chi connectivity index (χ0) is 0. The van der Waals surface area contributed by atoms with Crippen molar-refractivity contribution in [3.8, 4) is 0 Å². The molecule has 0 bridgehead atoms. The van der Waals surface area contributed by atoms with Crippen molar-refractivity contribution in [3.63, 3.8) is 0 Å². The van der Waals surface area contributed by atoms with E-state index >= 15 is 0 Å². The molecule has 0 amide bonds. The molecule has 0 atom stereocenters. The van der Waals surface area contributed by atoms with E-state index in [1.165, 1.54) is 0 Å². The Kier molecular flexibility index (Phi) is 38300.